The van der Waals surface area contributed by atoms with Gasteiger partial charge < -0.3 is 5.32 Å². The van der Waals surface area contributed by atoms with E-state index in [1.807, 2.05) is 4.90 Å². The lowest BCUT2D eigenvalue weighted by molar-refractivity contribution is -0.386. The first kappa shape index (κ1) is 14.2. The van der Waals surface area contributed by atoms with E-state index in [-0.39, 0.29) is 5.69 Å². The highest BCUT2D eigenvalue weighted by Crippen LogP contribution is 2.32. The van der Waals surface area contributed by atoms with Crippen molar-refractivity contribution < 1.29 is 9.31 Å². The van der Waals surface area contributed by atoms with Crippen molar-refractivity contribution in [2.24, 2.45) is 0 Å². The van der Waals surface area contributed by atoms with Gasteiger partial charge in [0.15, 0.2) is 0 Å². The highest BCUT2D eigenvalue weighted by atomic mass is 35.5. The van der Waals surface area contributed by atoms with E-state index >= 15 is 0 Å². The minimum atomic E-state index is -0.665. The zero-order valence-electron chi connectivity index (χ0n) is 10.3. The van der Waals surface area contributed by atoms with Gasteiger partial charge in [0.2, 0.25) is 0 Å². The third kappa shape index (κ3) is 3.20. The second kappa shape index (κ2) is 6.27. The fourth-order valence-corrected chi connectivity index (χ4v) is 2.51. The average molecular weight is 288 g/mol. The smallest absolute Gasteiger partial charge is 0.274 e. The maximum absolute atomic E-state index is 13.4. The normalized spacial score (nSPS) is 18.2. The van der Waals surface area contributed by atoms with Gasteiger partial charge in [0.25, 0.3) is 5.69 Å². The molecule has 1 N–H and O–H groups in total. The number of nitro groups is 1. The van der Waals surface area contributed by atoms with Crippen molar-refractivity contribution >= 4 is 17.3 Å². The molecule has 1 fully saturated rings. The van der Waals surface area contributed by atoms with Crippen LogP contribution in [-0.2, 0) is 0 Å². The van der Waals surface area contributed by atoms with Crippen LogP contribution in [0.5, 0.6) is 0 Å². The van der Waals surface area contributed by atoms with E-state index in [1.165, 1.54) is 18.2 Å². The number of rotatable bonds is 4. The topological polar surface area (TPSA) is 58.4 Å². The molecule has 104 valence electrons. The fraction of sp³-hybridized carbons (Fsp3) is 0.500. The summed E-state index contributed by atoms with van der Waals surface area (Å²) in [5.74, 6) is 0. The number of hydrogen-bond donors (Lipinski definition) is 1. The molecule has 5 nitrogen and oxygen atoms in total. The van der Waals surface area contributed by atoms with Crippen molar-refractivity contribution in [2.75, 3.05) is 32.9 Å². The molecule has 1 aliphatic rings. The number of benzene rings is 1. The Morgan fingerprint density at radius 2 is 2.16 bits per heavy atom. The molecule has 0 saturated carbocycles. The molecule has 1 aromatic rings. The van der Waals surface area contributed by atoms with E-state index in [9.17, 15) is 14.5 Å². The van der Waals surface area contributed by atoms with Crippen LogP contribution in [0.25, 0.3) is 0 Å². The molecule has 1 aromatic carbocycles. The van der Waals surface area contributed by atoms with Crippen molar-refractivity contribution in [2.45, 2.75) is 6.04 Å². The molecular weight excluding hydrogens is 273 g/mol. The van der Waals surface area contributed by atoms with Gasteiger partial charge in [-0.25, -0.2) is 4.39 Å². The van der Waals surface area contributed by atoms with Crippen LogP contribution in [0.15, 0.2) is 18.2 Å². The van der Waals surface area contributed by atoms with Crippen molar-refractivity contribution in [3.8, 4) is 0 Å². The molecule has 7 heteroatoms. The molecule has 0 aliphatic carbocycles. The number of hydrogen-bond acceptors (Lipinski definition) is 4. The Morgan fingerprint density at radius 1 is 1.47 bits per heavy atom. The molecule has 0 aromatic heterocycles. The summed E-state index contributed by atoms with van der Waals surface area (Å²) in [6.45, 7) is 2.17. The summed E-state index contributed by atoms with van der Waals surface area (Å²) >= 11 is 5.89. The Kier molecular flexibility index (Phi) is 4.68. The van der Waals surface area contributed by atoms with Crippen molar-refractivity contribution in [3.05, 3.63) is 38.9 Å². The van der Waals surface area contributed by atoms with Gasteiger partial charge in [0.05, 0.1) is 16.5 Å². The van der Waals surface area contributed by atoms with Crippen LogP contribution in [-0.4, -0.2) is 42.7 Å². The van der Waals surface area contributed by atoms with Crippen molar-refractivity contribution in [3.63, 3.8) is 0 Å². The van der Waals surface area contributed by atoms with Gasteiger partial charge in [-0.05, 0) is 12.1 Å². The predicted molar refractivity (Wildman–Crippen MR) is 71.3 cm³/mol. The zero-order chi connectivity index (χ0) is 13.8. The molecule has 0 unspecified atom stereocenters. The molecule has 1 aliphatic heterocycles. The lowest BCUT2D eigenvalue weighted by atomic mass is 10.0. The first-order chi connectivity index (χ1) is 9.13. The Balaban J connectivity index is 2.35. The standard InChI is InChI=1S/C12H15ClFN3O2/c13-9-1-2-11(17(18)19)10(7-9)12(8-14)16-5-3-15-4-6-16/h1-2,7,12,15H,3-6,8H2/t12-/m1/s1. The molecule has 0 bridgehead atoms. The first-order valence-electron chi connectivity index (χ1n) is 6.08. The molecule has 0 radical (unpaired) electrons. The molecule has 0 amide bonds. The number of nitrogens with zero attached hydrogens (tertiary/aromatic N) is 2. The van der Waals surface area contributed by atoms with E-state index < -0.39 is 17.6 Å². The summed E-state index contributed by atoms with van der Waals surface area (Å²) in [7, 11) is 0. The number of nitrogens with one attached hydrogen (secondary N) is 1. The Morgan fingerprint density at radius 3 is 2.74 bits per heavy atom. The summed E-state index contributed by atoms with van der Waals surface area (Å²) in [6.07, 6.45) is 0. The van der Waals surface area contributed by atoms with Crippen LogP contribution in [0, 0.1) is 10.1 Å². The first-order valence-corrected chi connectivity index (χ1v) is 6.46. The Hall–Kier alpha value is -1.24. The second-order valence-corrected chi connectivity index (χ2v) is 4.85. The van der Waals surface area contributed by atoms with E-state index in [0.29, 0.717) is 23.7 Å². The molecule has 1 heterocycles. The monoisotopic (exact) mass is 287 g/mol. The lowest BCUT2D eigenvalue weighted by Gasteiger charge is -2.33. The summed E-state index contributed by atoms with van der Waals surface area (Å²) in [6, 6.07) is 3.67. The van der Waals surface area contributed by atoms with Gasteiger partial charge in [-0.2, -0.15) is 0 Å². The van der Waals surface area contributed by atoms with E-state index in [1.54, 1.807) is 0 Å². The van der Waals surface area contributed by atoms with Crippen molar-refractivity contribution in [1.82, 2.24) is 10.2 Å². The molecule has 1 atom stereocenters. The summed E-state index contributed by atoms with van der Waals surface area (Å²) < 4.78 is 13.4. The van der Waals surface area contributed by atoms with Crippen LogP contribution in [0.2, 0.25) is 5.02 Å². The predicted octanol–water partition coefficient (Wildman–Crippen LogP) is 2.16. The highest BCUT2D eigenvalue weighted by Gasteiger charge is 2.28. The Bertz CT molecular complexity index is 466. The molecular formula is C12H15ClFN3O2. The van der Waals surface area contributed by atoms with Crippen molar-refractivity contribution in [1.29, 1.82) is 0 Å². The van der Waals surface area contributed by atoms with Crippen LogP contribution >= 0.6 is 11.6 Å². The second-order valence-electron chi connectivity index (χ2n) is 4.42. The van der Waals surface area contributed by atoms with Gasteiger partial charge in [0.1, 0.15) is 6.67 Å². The lowest BCUT2D eigenvalue weighted by Crippen LogP contribution is -2.45. The molecule has 0 spiro atoms. The minimum absolute atomic E-state index is 0.0782. The zero-order valence-corrected chi connectivity index (χ0v) is 11.1. The van der Waals surface area contributed by atoms with Crippen LogP contribution in [0.1, 0.15) is 11.6 Å². The number of piperazine rings is 1. The molecule has 1 saturated heterocycles. The summed E-state index contributed by atoms with van der Waals surface area (Å²) in [5.41, 5.74) is 0.271. The van der Waals surface area contributed by atoms with Crippen LogP contribution in [0.4, 0.5) is 10.1 Å². The van der Waals surface area contributed by atoms with Gasteiger partial charge in [-0.3, -0.25) is 15.0 Å². The number of alkyl halides is 1. The third-order valence-corrected chi connectivity index (χ3v) is 3.52. The van der Waals surface area contributed by atoms with E-state index in [4.69, 9.17) is 11.6 Å². The number of halogens is 2. The third-order valence-electron chi connectivity index (χ3n) is 3.28. The maximum Gasteiger partial charge on any atom is 0.274 e. The van der Waals surface area contributed by atoms with E-state index in [0.717, 1.165) is 13.1 Å². The van der Waals surface area contributed by atoms with E-state index in [2.05, 4.69) is 5.32 Å². The SMILES string of the molecule is O=[N+]([O-])c1ccc(Cl)cc1[C@@H](CF)N1CCNCC1. The molecule has 2 rings (SSSR count). The van der Waals surface area contributed by atoms with Gasteiger partial charge in [-0.15, -0.1) is 0 Å². The minimum Gasteiger partial charge on any atom is -0.314 e. The van der Waals surface area contributed by atoms with Crippen LogP contribution < -0.4 is 5.32 Å². The van der Waals surface area contributed by atoms with Gasteiger partial charge in [0, 0.05) is 37.3 Å². The average Bonchev–Trinajstić information content (AvgIpc) is 2.40. The summed E-state index contributed by atoms with van der Waals surface area (Å²) in [4.78, 5) is 12.5. The highest BCUT2D eigenvalue weighted by molar-refractivity contribution is 6.30. The quantitative estimate of drug-likeness (QED) is 0.681. The Labute approximate surface area is 115 Å². The maximum atomic E-state index is 13.4. The van der Waals surface area contributed by atoms with Gasteiger partial charge in [-0.1, -0.05) is 11.6 Å². The number of nitro benzene ring substituents is 1. The fourth-order valence-electron chi connectivity index (χ4n) is 2.33. The molecule has 19 heavy (non-hydrogen) atoms. The van der Waals surface area contributed by atoms with Crippen LogP contribution in [0.3, 0.4) is 0 Å². The summed E-state index contributed by atoms with van der Waals surface area (Å²) in [5, 5.41) is 14.6. The largest absolute Gasteiger partial charge is 0.314 e. The van der Waals surface area contributed by atoms with Gasteiger partial charge >= 0.3 is 0 Å².